The summed E-state index contributed by atoms with van der Waals surface area (Å²) in [5.74, 6) is 0.363. The van der Waals surface area contributed by atoms with Crippen molar-refractivity contribution >= 4 is 44.8 Å². The number of pyridine rings is 2. The zero-order valence-electron chi connectivity index (χ0n) is 26.3. The third kappa shape index (κ3) is 7.24. The number of fused-ring (bicyclic) bond motifs is 3. The molecule has 0 saturated carbocycles. The van der Waals surface area contributed by atoms with Crippen LogP contribution in [0, 0.1) is 19.1 Å². The Kier molecular flexibility index (Phi) is 10.3. The van der Waals surface area contributed by atoms with Crippen LogP contribution < -0.4 is 5.19 Å². The van der Waals surface area contributed by atoms with Gasteiger partial charge in [0.15, 0.2) is 0 Å². The molecule has 5 heteroatoms. The number of aromatic nitrogens is 2. The average Bonchev–Trinajstić information content (AvgIpc) is 3.46. The van der Waals surface area contributed by atoms with Crippen LogP contribution in [0.4, 0.5) is 0 Å². The zero-order valence-corrected chi connectivity index (χ0v) is 30.5. The quantitative estimate of drug-likeness (QED) is 0.128. The van der Waals surface area contributed by atoms with Crippen LogP contribution >= 0.6 is 11.3 Å². The van der Waals surface area contributed by atoms with E-state index in [4.69, 9.17) is 4.98 Å². The standard InChI is InChI=1S/C21H20NSSi.C19H16N.Ir/c1-14-9-11-16(18-12-10-15(13-22-18)24(2,3)4)21-20(14)17-7-5-6-8-19(17)23-21;1-15(16-8-4-2-5-9-16)18-12-13-20-19(14-18)17-10-6-3-7-11-17;/h5-10,12-13H,1-4H3;2-10,12-15H,1H3;/q2*-1;. The summed E-state index contributed by atoms with van der Waals surface area (Å²) < 4.78 is 2.62. The fourth-order valence-electron chi connectivity index (χ4n) is 5.46. The number of rotatable bonds is 5. The Morgan fingerprint density at radius 2 is 1.51 bits per heavy atom. The van der Waals surface area contributed by atoms with Gasteiger partial charge in [-0.25, -0.2) is 0 Å². The van der Waals surface area contributed by atoms with Crippen LogP contribution in [-0.4, -0.2) is 18.0 Å². The summed E-state index contributed by atoms with van der Waals surface area (Å²) in [6, 6.07) is 44.6. The molecule has 227 valence electrons. The molecule has 0 aliphatic rings. The Hall–Kier alpha value is -3.73. The van der Waals surface area contributed by atoms with Crippen LogP contribution in [0.5, 0.6) is 0 Å². The fourth-order valence-corrected chi connectivity index (χ4v) is 7.78. The van der Waals surface area contributed by atoms with E-state index in [0.29, 0.717) is 5.92 Å². The van der Waals surface area contributed by atoms with E-state index in [2.05, 4.69) is 136 Å². The van der Waals surface area contributed by atoms with E-state index >= 15 is 0 Å². The zero-order chi connectivity index (χ0) is 30.7. The van der Waals surface area contributed by atoms with Gasteiger partial charge in [0.25, 0.3) is 0 Å². The smallest absolute Gasteiger partial charge is 0.0795 e. The number of thiophene rings is 1. The molecule has 0 aliphatic carbocycles. The van der Waals surface area contributed by atoms with Gasteiger partial charge >= 0.3 is 0 Å². The molecule has 4 aromatic carbocycles. The number of nitrogens with zero attached hydrogens (tertiary/aromatic N) is 2. The number of benzene rings is 4. The third-order valence-electron chi connectivity index (χ3n) is 8.10. The van der Waals surface area contributed by atoms with E-state index in [1.54, 1.807) is 0 Å². The van der Waals surface area contributed by atoms with Gasteiger partial charge < -0.3 is 9.97 Å². The third-order valence-corrected chi connectivity index (χ3v) is 11.3. The second-order valence-electron chi connectivity index (χ2n) is 12.2. The molecule has 0 N–H and O–H groups in total. The normalized spacial score (nSPS) is 11.8. The largest absolute Gasteiger partial charge is 0.305 e. The van der Waals surface area contributed by atoms with E-state index in [1.807, 2.05) is 47.9 Å². The van der Waals surface area contributed by atoms with E-state index in [0.717, 1.165) is 22.5 Å². The maximum Gasteiger partial charge on any atom is 0.0795 e. The summed E-state index contributed by atoms with van der Waals surface area (Å²) >= 11 is 1.84. The Morgan fingerprint density at radius 3 is 2.22 bits per heavy atom. The van der Waals surface area contributed by atoms with Gasteiger partial charge in [0.1, 0.15) is 0 Å². The SMILES string of the molecule is CC(c1ccccc1)c1ccnc(-c2[c-]cccc2)c1.Cc1c[c-]c(-c2ccc([Si](C)(C)C)cn2)c2sc3ccccc3c12.[Ir]. The van der Waals surface area contributed by atoms with E-state index in [9.17, 15) is 0 Å². The van der Waals surface area contributed by atoms with Crippen molar-refractivity contribution in [1.29, 1.82) is 0 Å². The van der Waals surface area contributed by atoms with Gasteiger partial charge in [-0.1, -0.05) is 106 Å². The van der Waals surface area contributed by atoms with Crippen molar-refractivity contribution in [3.63, 3.8) is 0 Å². The molecule has 0 amide bonds. The van der Waals surface area contributed by atoms with E-state index in [-0.39, 0.29) is 20.1 Å². The van der Waals surface area contributed by atoms with E-state index in [1.165, 1.54) is 42.0 Å². The summed E-state index contributed by atoms with van der Waals surface area (Å²) in [6.07, 6.45) is 3.94. The van der Waals surface area contributed by atoms with Gasteiger partial charge in [-0.15, -0.1) is 59.2 Å². The molecule has 3 aromatic heterocycles. The minimum absolute atomic E-state index is 0. The van der Waals surface area contributed by atoms with Crippen molar-refractivity contribution in [2.75, 3.05) is 0 Å². The van der Waals surface area contributed by atoms with Crippen molar-refractivity contribution < 1.29 is 20.1 Å². The molecule has 7 aromatic rings. The number of hydrogen-bond acceptors (Lipinski definition) is 3. The molecule has 1 radical (unpaired) electrons. The Balaban J connectivity index is 0.000000177. The minimum atomic E-state index is -1.32. The van der Waals surface area contributed by atoms with Crippen LogP contribution in [0.3, 0.4) is 0 Å². The van der Waals surface area contributed by atoms with Crippen LogP contribution in [0.1, 0.15) is 29.5 Å². The molecule has 0 saturated heterocycles. The Bertz CT molecular complexity index is 2010. The average molecular weight is 797 g/mol. The first-order chi connectivity index (χ1) is 21.3. The van der Waals surface area contributed by atoms with Gasteiger partial charge in [0.2, 0.25) is 0 Å². The summed E-state index contributed by atoms with van der Waals surface area (Å²) in [5.41, 5.74) is 8.04. The molecule has 7 rings (SSSR count). The van der Waals surface area contributed by atoms with E-state index < -0.39 is 8.07 Å². The summed E-state index contributed by atoms with van der Waals surface area (Å²) in [4.78, 5) is 9.23. The second-order valence-corrected chi connectivity index (χ2v) is 18.3. The summed E-state index contributed by atoms with van der Waals surface area (Å²) in [6.45, 7) is 11.5. The molecule has 0 bridgehead atoms. The molecule has 2 nitrogen and oxygen atoms in total. The first kappa shape index (κ1) is 32.7. The molecule has 45 heavy (non-hydrogen) atoms. The summed E-state index contributed by atoms with van der Waals surface area (Å²) in [7, 11) is -1.32. The first-order valence-electron chi connectivity index (χ1n) is 15.1. The number of hydrogen-bond donors (Lipinski definition) is 0. The Labute approximate surface area is 285 Å². The number of aryl methyl sites for hydroxylation is 1. The van der Waals surface area contributed by atoms with Gasteiger partial charge in [-0.3, -0.25) is 0 Å². The molecule has 0 aliphatic heterocycles. The molecule has 3 heterocycles. The van der Waals surface area contributed by atoms with Crippen molar-refractivity contribution in [3.05, 3.63) is 150 Å². The van der Waals surface area contributed by atoms with Gasteiger partial charge in [-0.2, -0.15) is 11.3 Å². The minimum Gasteiger partial charge on any atom is -0.305 e. The molecule has 0 fully saturated rings. The maximum atomic E-state index is 4.78. The van der Waals surface area contributed by atoms with Crippen LogP contribution in [0.15, 0.2) is 122 Å². The molecule has 0 spiro atoms. The second kappa shape index (κ2) is 14.1. The molecular formula is C40H36IrN2SSi-2. The first-order valence-corrected chi connectivity index (χ1v) is 19.4. The predicted octanol–water partition coefficient (Wildman–Crippen LogP) is 10.5. The Morgan fingerprint density at radius 1 is 0.756 bits per heavy atom. The van der Waals surface area contributed by atoms with Crippen molar-refractivity contribution in [1.82, 2.24) is 9.97 Å². The fraction of sp³-hybridized carbons (Fsp3) is 0.150. The van der Waals surface area contributed by atoms with Crippen molar-refractivity contribution in [3.8, 4) is 22.5 Å². The maximum absolute atomic E-state index is 4.78. The van der Waals surface area contributed by atoms with Crippen molar-refractivity contribution in [2.45, 2.75) is 39.4 Å². The summed E-state index contributed by atoms with van der Waals surface area (Å²) in [5, 5.41) is 4.08. The van der Waals surface area contributed by atoms with Crippen LogP contribution in [0.25, 0.3) is 42.7 Å². The molecule has 1 atom stereocenters. The van der Waals surface area contributed by atoms with Crippen molar-refractivity contribution in [2.24, 2.45) is 0 Å². The predicted molar refractivity (Wildman–Crippen MR) is 192 cm³/mol. The molecular weight excluding hydrogens is 761 g/mol. The monoisotopic (exact) mass is 797 g/mol. The molecule has 1 unspecified atom stereocenters. The van der Waals surface area contributed by atoms with Gasteiger partial charge in [0, 0.05) is 43.1 Å². The van der Waals surface area contributed by atoms with Gasteiger partial charge in [0.05, 0.1) is 8.07 Å². The topological polar surface area (TPSA) is 25.8 Å². The van der Waals surface area contributed by atoms with Gasteiger partial charge in [-0.05, 0) is 49.9 Å². The van der Waals surface area contributed by atoms with Crippen LogP contribution in [-0.2, 0) is 20.1 Å². The van der Waals surface area contributed by atoms with Crippen LogP contribution in [0.2, 0.25) is 19.6 Å².